The molecule has 0 unspecified atom stereocenters. The fraction of sp³-hybridized carbons (Fsp3) is 0.500. The van der Waals surface area contributed by atoms with Crippen molar-refractivity contribution in [3.8, 4) is 0 Å². The Labute approximate surface area is 108 Å². The van der Waals surface area contributed by atoms with Crippen LogP contribution in [-0.4, -0.2) is 31.2 Å². The summed E-state index contributed by atoms with van der Waals surface area (Å²) in [5.74, 6) is -0.266. The predicted molar refractivity (Wildman–Crippen MR) is 71.4 cm³/mol. The van der Waals surface area contributed by atoms with Gasteiger partial charge >= 0.3 is 5.97 Å². The Morgan fingerprint density at radius 1 is 1.33 bits per heavy atom. The molecule has 0 spiro atoms. The van der Waals surface area contributed by atoms with Crippen molar-refractivity contribution in [2.75, 3.05) is 24.6 Å². The highest BCUT2D eigenvalue weighted by Crippen LogP contribution is 2.25. The van der Waals surface area contributed by atoms with E-state index >= 15 is 0 Å². The van der Waals surface area contributed by atoms with E-state index in [9.17, 15) is 4.79 Å². The minimum atomic E-state index is -0.804. The first-order valence-corrected chi connectivity index (χ1v) is 6.42. The van der Waals surface area contributed by atoms with Crippen molar-refractivity contribution in [1.29, 1.82) is 0 Å². The Morgan fingerprint density at radius 2 is 1.94 bits per heavy atom. The number of hydrogen-bond acceptors (Lipinski definition) is 4. The molecule has 0 amide bonds. The second kappa shape index (κ2) is 5.40. The molecule has 0 aliphatic carbocycles. The third kappa shape index (κ3) is 2.64. The molecule has 0 atom stereocenters. The standard InChI is InChI=1S/C14H20N2O2/c1-2-18-13(17)14(15)8-10-16(11-9-14)12-6-4-3-5-7-12/h3-7H,2,8-11,15H2,1H3. The Bertz CT molecular complexity index is 398. The molecule has 1 heterocycles. The number of hydrogen-bond donors (Lipinski definition) is 1. The maximum absolute atomic E-state index is 11.8. The van der Waals surface area contributed by atoms with Gasteiger partial charge in [-0.3, -0.25) is 4.79 Å². The van der Waals surface area contributed by atoms with Gasteiger partial charge in [0.05, 0.1) is 6.61 Å². The van der Waals surface area contributed by atoms with Gasteiger partial charge in [-0.25, -0.2) is 0 Å². The van der Waals surface area contributed by atoms with Gasteiger partial charge in [-0.05, 0) is 31.9 Å². The van der Waals surface area contributed by atoms with Gasteiger partial charge in [0.25, 0.3) is 0 Å². The molecule has 0 radical (unpaired) electrons. The van der Waals surface area contributed by atoms with Gasteiger partial charge in [-0.1, -0.05) is 18.2 Å². The van der Waals surface area contributed by atoms with E-state index in [2.05, 4.69) is 17.0 Å². The molecule has 1 saturated heterocycles. The first-order chi connectivity index (χ1) is 8.65. The van der Waals surface area contributed by atoms with E-state index in [0.29, 0.717) is 19.4 Å². The molecular weight excluding hydrogens is 228 g/mol. The smallest absolute Gasteiger partial charge is 0.326 e. The van der Waals surface area contributed by atoms with Gasteiger partial charge in [-0.15, -0.1) is 0 Å². The number of carbonyl (C=O) groups is 1. The minimum absolute atomic E-state index is 0.266. The zero-order valence-corrected chi connectivity index (χ0v) is 10.8. The first kappa shape index (κ1) is 12.9. The summed E-state index contributed by atoms with van der Waals surface area (Å²) >= 11 is 0. The van der Waals surface area contributed by atoms with E-state index in [4.69, 9.17) is 10.5 Å². The summed E-state index contributed by atoms with van der Waals surface area (Å²) in [4.78, 5) is 14.1. The van der Waals surface area contributed by atoms with Gasteiger partial charge in [0.15, 0.2) is 0 Å². The molecule has 98 valence electrons. The van der Waals surface area contributed by atoms with Gasteiger partial charge in [0, 0.05) is 18.8 Å². The number of para-hydroxylation sites is 1. The lowest BCUT2D eigenvalue weighted by atomic mass is 9.88. The summed E-state index contributed by atoms with van der Waals surface area (Å²) in [6.45, 7) is 3.78. The fourth-order valence-corrected chi connectivity index (χ4v) is 2.28. The second-order valence-electron chi connectivity index (χ2n) is 4.70. The van der Waals surface area contributed by atoms with E-state index in [1.54, 1.807) is 6.92 Å². The average molecular weight is 248 g/mol. The third-order valence-corrected chi connectivity index (χ3v) is 3.46. The van der Waals surface area contributed by atoms with E-state index in [1.165, 1.54) is 5.69 Å². The lowest BCUT2D eigenvalue weighted by Gasteiger charge is -2.38. The molecule has 2 rings (SSSR count). The minimum Gasteiger partial charge on any atom is -0.465 e. The molecule has 4 nitrogen and oxygen atoms in total. The second-order valence-corrected chi connectivity index (χ2v) is 4.70. The summed E-state index contributed by atoms with van der Waals surface area (Å²) in [6, 6.07) is 10.2. The number of nitrogens with two attached hydrogens (primary N) is 1. The van der Waals surface area contributed by atoms with E-state index in [1.807, 2.05) is 18.2 Å². The Balaban J connectivity index is 1.97. The van der Waals surface area contributed by atoms with Crippen LogP contribution in [0.2, 0.25) is 0 Å². The predicted octanol–water partition coefficient (Wildman–Crippen LogP) is 1.55. The SMILES string of the molecule is CCOC(=O)C1(N)CCN(c2ccccc2)CC1. The van der Waals surface area contributed by atoms with E-state index in [0.717, 1.165) is 13.1 Å². The maximum Gasteiger partial charge on any atom is 0.326 e. The molecule has 1 aliphatic heterocycles. The Morgan fingerprint density at radius 3 is 2.50 bits per heavy atom. The molecule has 1 aliphatic rings. The highest BCUT2D eigenvalue weighted by molar-refractivity contribution is 5.81. The van der Waals surface area contributed by atoms with E-state index < -0.39 is 5.54 Å². The van der Waals surface area contributed by atoms with Crippen molar-refractivity contribution in [2.24, 2.45) is 5.73 Å². The number of anilines is 1. The highest BCUT2D eigenvalue weighted by Gasteiger charge is 2.38. The van der Waals surface area contributed by atoms with Crippen LogP contribution in [0.1, 0.15) is 19.8 Å². The van der Waals surface area contributed by atoms with Crippen LogP contribution in [0.5, 0.6) is 0 Å². The summed E-state index contributed by atoms with van der Waals surface area (Å²) < 4.78 is 5.04. The highest BCUT2D eigenvalue weighted by atomic mass is 16.5. The van der Waals surface area contributed by atoms with Crippen LogP contribution >= 0.6 is 0 Å². The van der Waals surface area contributed by atoms with Gasteiger partial charge < -0.3 is 15.4 Å². The Hall–Kier alpha value is -1.55. The number of benzene rings is 1. The summed E-state index contributed by atoms with van der Waals surface area (Å²) in [6.07, 6.45) is 1.28. The van der Waals surface area contributed by atoms with Crippen LogP contribution in [0.3, 0.4) is 0 Å². The van der Waals surface area contributed by atoms with Crippen molar-refractivity contribution >= 4 is 11.7 Å². The van der Waals surface area contributed by atoms with Crippen molar-refractivity contribution in [3.05, 3.63) is 30.3 Å². The van der Waals surface area contributed by atoms with Crippen LogP contribution in [0, 0.1) is 0 Å². The third-order valence-electron chi connectivity index (χ3n) is 3.46. The number of nitrogens with zero attached hydrogens (tertiary/aromatic N) is 1. The summed E-state index contributed by atoms with van der Waals surface area (Å²) in [5.41, 5.74) is 6.51. The number of ether oxygens (including phenoxy) is 1. The first-order valence-electron chi connectivity index (χ1n) is 6.42. The molecule has 0 aromatic heterocycles. The van der Waals surface area contributed by atoms with Crippen LogP contribution in [0.25, 0.3) is 0 Å². The van der Waals surface area contributed by atoms with E-state index in [-0.39, 0.29) is 5.97 Å². The largest absolute Gasteiger partial charge is 0.465 e. The molecule has 1 aromatic carbocycles. The molecule has 1 fully saturated rings. The van der Waals surface area contributed by atoms with Gasteiger partial charge in [0.1, 0.15) is 5.54 Å². The number of rotatable bonds is 3. The van der Waals surface area contributed by atoms with Crippen molar-refractivity contribution in [2.45, 2.75) is 25.3 Å². The molecule has 0 saturated carbocycles. The van der Waals surface area contributed by atoms with Crippen molar-refractivity contribution in [1.82, 2.24) is 0 Å². The Kier molecular flexibility index (Phi) is 3.87. The molecule has 0 bridgehead atoms. The average Bonchev–Trinajstić information content (AvgIpc) is 2.41. The maximum atomic E-state index is 11.8. The number of esters is 1. The normalized spacial score (nSPS) is 18.4. The van der Waals surface area contributed by atoms with Crippen molar-refractivity contribution in [3.63, 3.8) is 0 Å². The number of piperidine rings is 1. The molecule has 18 heavy (non-hydrogen) atoms. The molecular formula is C14H20N2O2. The van der Waals surface area contributed by atoms with Crippen LogP contribution in [0.15, 0.2) is 30.3 Å². The van der Waals surface area contributed by atoms with Crippen LogP contribution < -0.4 is 10.6 Å². The molecule has 4 heteroatoms. The van der Waals surface area contributed by atoms with Gasteiger partial charge in [-0.2, -0.15) is 0 Å². The summed E-state index contributed by atoms with van der Waals surface area (Å²) in [7, 11) is 0. The molecule has 2 N–H and O–H groups in total. The lowest BCUT2D eigenvalue weighted by molar-refractivity contribution is -0.150. The topological polar surface area (TPSA) is 55.6 Å². The van der Waals surface area contributed by atoms with Crippen molar-refractivity contribution < 1.29 is 9.53 Å². The zero-order chi connectivity index (χ0) is 13.0. The lowest BCUT2D eigenvalue weighted by Crippen LogP contribution is -2.56. The van der Waals surface area contributed by atoms with Crippen LogP contribution in [-0.2, 0) is 9.53 Å². The quantitative estimate of drug-likeness (QED) is 0.825. The zero-order valence-electron chi connectivity index (χ0n) is 10.8. The van der Waals surface area contributed by atoms with Gasteiger partial charge in [0.2, 0.25) is 0 Å². The fourth-order valence-electron chi connectivity index (χ4n) is 2.28. The summed E-state index contributed by atoms with van der Waals surface area (Å²) in [5, 5.41) is 0. The van der Waals surface area contributed by atoms with Crippen LogP contribution in [0.4, 0.5) is 5.69 Å². The monoisotopic (exact) mass is 248 g/mol. The molecule has 1 aromatic rings. The number of carbonyl (C=O) groups excluding carboxylic acids is 1.